The van der Waals surface area contributed by atoms with E-state index in [4.69, 9.17) is 9.47 Å². The van der Waals surface area contributed by atoms with Crippen molar-refractivity contribution in [2.24, 2.45) is 0 Å². The Morgan fingerprint density at radius 1 is 1.44 bits per heavy atom. The zero-order valence-electron chi connectivity index (χ0n) is 10.2. The molecule has 1 fully saturated rings. The summed E-state index contributed by atoms with van der Waals surface area (Å²) in [7, 11) is 0. The summed E-state index contributed by atoms with van der Waals surface area (Å²) in [5, 5.41) is 9.20. The Labute approximate surface area is 106 Å². The van der Waals surface area contributed by atoms with Crippen LogP contribution in [0.2, 0.25) is 0 Å². The molecule has 2 rings (SSSR count). The van der Waals surface area contributed by atoms with E-state index in [1.165, 1.54) is 6.07 Å². The number of hydrogen-bond acceptors (Lipinski definition) is 4. The molecule has 0 bridgehead atoms. The van der Waals surface area contributed by atoms with Crippen molar-refractivity contribution < 1.29 is 19.0 Å². The van der Waals surface area contributed by atoms with Crippen LogP contribution in [-0.2, 0) is 4.74 Å². The molecule has 1 N–H and O–H groups in total. The van der Waals surface area contributed by atoms with E-state index >= 15 is 0 Å². The number of aliphatic hydroxyl groups excluding tert-OH is 1. The molecule has 1 atom stereocenters. The molecule has 18 heavy (non-hydrogen) atoms. The molecule has 0 saturated carbocycles. The van der Waals surface area contributed by atoms with Crippen molar-refractivity contribution in [1.29, 1.82) is 0 Å². The first-order valence-electron chi connectivity index (χ1n) is 6.11. The number of hydrogen-bond donors (Lipinski definition) is 1. The van der Waals surface area contributed by atoms with Crippen LogP contribution >= 0.6 is 0 Å². The molecule has 1 aliphatic heterocycles. The molecule has 0 radical (unpaired) electrons. The second-order valence-corrected chi connectivity index (χ2v) is 4.23. The summed E-state index contributed by atoms with van der Waals surface area (Å²) >= 11 is 0. The molecule has 5 heteroatoms. The van der Waals surface area contributed by atoms with Crippen LogP contribution in [0.5, 0.6) is 5.75 Å². The highest BCUT2D eigenvalue weighted by Crippen LogP contribution is 2.15. The number of halogens is 1. The Balaban J connectivity index is 1.79. The smallest absolute Gasteiger partial charge is 0.165 e. The summed E-state index contributed by atoms with van der Waals surface area (Å²) in [6, 6.07) is 6.37. The van der Waals surface area contributed by atoms with Gasteiger partial charge >= 0.3 is 0 Å². The van der Waals surface area contributed by atoms with Gasteiger partial charge in [0.2, 0.25) is 0 Å². The number of ether oxygens (including phenoxy) is 2. The van der Waals surface area contributed by atoms with E-state index in [0.29, 0.717) is 26.4 Å². The third-order valence-electron chi connectivity index (χ3n) is 3.03. The predicted molar refractivity (Wildman–Crippen MR) is 65.2 cm³/mol. The second-order valence-electron chi connectivity index (χ2n) is 4.23. The minimum absolute atomic E-state index is 0.0166. The highest BCUT2D eigenvalue weighted by Gasteiger charge is 2.21. The third-order valence-corrected chi connectivity index (χ3v) is 3.03. The van der Waals surface area contributed by atoms with Gasteiger partial charge in [0.15, 0.2) is 11.6 Å². The molecule has 1 aliphatic rings. The van der Waals surface area contributed by atoms with Gasteiger partial charge in [0.1, 0.15) is 6.61 Å². The predicted octanol–water partition coefficient (Wildman–Crippen LogP) is 0.898. The van der Waals surface area contributed by atoms with Crippen molar-refractivity contribution in [3.05, 3.63) is 30.1 Å². The van der Waals surface area contributed by atoms with E-state index < -0.39 is 0 Å². The third kappa shape index (κ3) is 3.41. The molecule has 100 valence electrons. The Morgan fingerprint density at radius 2 is 2.28 bits per heavy atom. The first-order valence-corrected chi connectivity index (χ1v) is 6.11. The van der Waals surface area contributed by atoms with Gasteiger partial charge < -0.3 is 14.6 Å². The molecule has 1 unspecified atom stereocenters. The second kappa shape index (κ2) is 6.68. The van der Waals surface area contributed by atoms with Crippen LogP contribution in [0.4, 0.5) is 4.39 Å². The van der Waals surface area contributed by atoms with Crippen molar-refractivity contribution in [1.82, 2.24) is 4.90 Å². The number of morpholine rings is 1. The number of aliphatic hydroxyl groups is 1. The quantitative estimate of drug-likeness (QED) is 0.848. The molecule has 0 aromatic heterocycles. The number of benzene rings is 1. The first kappa shape index (κ1) is 13.3. The highest BCUT2D eigenvalue weighted by atomic mass is 19.1. The van der Waals surface area contributed by atoms with E-state index in [9.17, 15) is 9.50 Å². The molecule has 1 saturated heterocycles. The molecule has 1 aromatic carbocycles. The summed E-state index contributed by atoms with van der Waals surface area (Å²) in [6.45, 7) is 3.10. The zero-order chi connectivity index (χ0) is 12.8. The van der Waals surface area contributed by atoms with E-state index in [-0.39, 0.29) is 24.2 Å². The lowest BCUT2D eigenvalue weighted by Gasteiger charge is -2.34. The van der Waals surface area contributed by atoms with Crippen LogP contribution in [0.25, 0.3) is 0 Å². The van der Waals surface area contributed by atoms with Gasteiger partial charge in [0, 0.05) is 13.1 Å². The summed E-state index contributed by atoms with van der Waals surface area (Å²) in [5.74, 6) is -0.0792. The van der Waals surface area contributed by atoms with Crippen molar-refractivity contribution in [2.75, 3.05) is 39.5 Å². The standard InChI is InChI=1S/C13H18FNO3/c14-12-3-1-2-4-13(12)18-8-6-15-5-7-17-10-11(15)9-16/h1-4,11,16H,5-10H2. The average molecular weight is 255 g/mol. The molecule has 0 aliphatic carbocycles. The van der Waals surface area contributed by atoms with E-state index in [0.717, 1.165) is 6.54 Å². The van der Waals surface area contributed by atoms with Gasteiger partial charge in [-0.25, -0.2) is 4.39 Å². The maximum Gasteiger partial charge on any atom is 0.165 e. The Hall–Kier alpha value is -1.17. The fourth-order valence-corrected chi connectivity index (χ4v) is 1.99. The lowest BCUT2D eigenvalue weighted by Crippen LogP contribution is -2.48. The monoisotopic (exact) mass is 255 g/mol. The van der Waals surface area contributed by atoms with Crippen LogP contribution < -0.4 is 4.74 Å². The molecular weight excluding hydrogens is 237 g/mol. The fraction of sp³-hybridized carbons (Fsp3) is 0.538. The van der Waals surface area contributed by atoms with E-state index in [1.54, 1.807) is 18.2 Å². The number of para-hydroxylation sites is 1. The first-order chi connectivity index (χ1) is 8.81. The summed E-state index contributed by atoms with van der Waals surface area (Å²) in [4.78, 5) is 2.10. The average Bonchev–Trinajstić information content (AvgIpc) is 2.41. The van der Waals surface area contributed by atoms with Gasteiger partial charge in [-0.3, -0.25) is 4.90 Å². The topological polar surface area (TPSA) is 41.9 Å². The van der Waals surface area contributed by atoms with Crippen molar-refractivity contribution in [3.8, 4) is 5.75 Å². The number of nitrogens with zero attached hydrogens (tertiary/aromatic N) is 1. The van der Waals surface area contributed by atoms with Crippen molar-refractivity contribution in [3.63, 3.8) is 0 Å². The van der Waals surface area contributed by atoms with E-state index in [2.05, 4.69) is 4.90 Å². The molecule has 0 spiro atoms. The molecular formula is C13H18FNO3. The SMILES string of the molecule is OCC1COCCN1CCOc1ccccc1F. The Kier molecular flexibility index (Phi) is 4.92. The fourth-order valence-electron chi connectivity index (χ4n) is 1.99. The minimum Gasteiger partial charge on any atom is -0.489 e. The van der Waals surface area contributed by atoms with Gasteiger partial charge in [-0.05, 0) is 12.1 Å². The van der Waals surface area contributed by atoms with Crippen LogP contribution in [0.15, 0.2) is 24.3 Å². The van der Waals surface area contributed by atoms with Crippen LogP contribution in [0.1, 0.15) is 0 Å². The molecule has 1 aromatic rings. The minimum atomic E-state index is -0.349. The largest absolute Gasteiger partial charge is 0.489 e. The molecule has 1 heterocycles. The maximum absolute atomic E-state index is 13.3. The lowest BCUT2D eigenvalue weighted by molar-refractivity contribution is -0.0314. The van der Waals surface area contributed by atoms with Gasteiger partial charge in [0.05, 0.1) is 25.9 Å². The normalized spacial score (nSPS) is 20.9. The van der Waals surface area contributed by atoms with Gasteiger partial charge in [-0.2, -0.15) is 0 Å². The van der Waals surface area contributed by atoms with Crippen molar-refractivity contribution >= 4 is 0 Å². The Bertz CT molecular complexity index is 375. The highest BCUT2D eigenvalue weighted by molar-refractivity contribution is 5.23. The summed E-state index contributed by atoms with van der Waals surface area (Å²) in [6.07, 6.45) is 0. The summed E-state index contributed by atoms with van der Waals surface area (Å²) in [5.41, 5.74) is 0. The van der Waals surface area contributed by atoms with Crippen LogP contribution in [0, 0.1) is 5.82 Å². The van der Waals surface area contributed by atoms with Gasteiger partial charge in [-0.15, -0.1) is 0 Å². The molecule has 0 amide bonds. The van der Waals surface area contributed by atoms with Gasteiger partial charge in [0.25, 0.3) is 0 Å². The number of rotatable bonds is 5. The van der Waals surface area contributed by atoms with Gasteiger partial charge in [-0.1, -0.05) is 12.1 Å². The maximum atomic E-state index is 13.3. The van der Waals surface area contributed by atoms with Crippen LogP contribution in [-0.4, -0.2) is 55.6 Å². The van der Waals surface area contributed by atoms with Crippen molar-refractivity contribution in [2.45, 2.75) is 6.04 Å². The zero-order valence-corrected chi connectivity index (χ0v) is 10.2. The summed E-state index contributed by atoms with van der Waals surface area (Å²) < 4.78 is 24.0. The lowest BCUT2D eigenvalue weighted by atomic mass is 10.2. The Morgan fingerprint density at radius 3 is 3.06 bits per heavy atom. The van der Waals surface area contributed by atoms with Crippen LogP contribution in [0.3, 0.4) is 0 Å². The van der Waals surface area contributed by atoms with E-state index in [1.807, 2.05) is 0 Å². The molecule has 4 nitrogen and oxygen atoms in total.